The zero-order valence-corrected chi connectivity index (χ0v) is 12.2. The summed E-state index contributed by atoms with van der Waals surface area (Å²) in [7, 11) is 0. The molecule has 2 nitrogen and oxygen atoms in total. The predicted molar refractivity (Wildman–Crippen MR) is 76.9 cm³/mol. The standard InChI is InChI=1S/C15H20BrNO/c16-13-3-1-12-10-15(4-2-11(12)9-13)17-14-5-7-18-8-6-14/h1,3,9,14-15,17H,2,4-8,10H2. The van der Waals surface area contributed by atoms with E-state index in [-0.39, 0.29) is 0 Å². The fourth-order valence-corrected chi connectivity index (χ4v) is 3.47. The molecule has 1 aromatic rings. The van der Waals surface area contributed by atoms with Gasteiger partial charge in [-0.05, 0) is 55.4 Å². The van der Waals surface area contributed by atoms with E-state index in [1.165, 1.54) is 47.7 Å². The molecule has 0 radical (unpaired) electrons. The second-order valence-corrected chi connectivity index (χ2v) is 6.32. The summed E-state index contributed by atoms with van der Waals surface area (Å²) in [4.78, 5) is 0. The molecular weight excluding hydrogens is 290 g/mol. The van der Waals surface area contributed by atoms with Crippen LogP contribution in [0.15, 0.2) is 22.7 Å². The molecule has 1 aliphatic heterocycles. The average Bonchev–Trinajstić information content (AvgIpc) is 2.40. The van der Waals surface area contributed by atoms with Gasteiger partial charge in [-0.25, -0.2) is 0 Å². The molecule has 1 aliphatic carbocycles. The van der Waals surface area contributed by atoms with Crippen LogP contribution in [0.2, 0.25) is 0 Å². The van der Waals surface area contributed by atoms with Crippen LogP contribution in [0.3, 0.4) is 0 Å². The summed E-state index contributed by atoms with van der Waals surface area (Å²) in [5.41, 5.74) is 3.04. The van der Waals surface area contributed by atoms with Crippen molar-refractivity contribution in [1.29, 1.82) is 0 Å². The largest absolute Gasteiger partial charge is 0.381 e. The highest BCUT2D eigenvalue weighted by Gasteiger charge is 2.22. The third-order valence-corrected chi connectivity index (χ3v) is 4.58. The van der Waals surface area contributed by atoms with Gasteiger partial charge in [-0.2, -0.15) is 0 Å². The molecule has 0 aromatic heterocycles. The molecule has 0 spiro atoms. The monoisotopic (exact) mass is 309 g/mol. The zero-order chi connectivity index (χ0) is 12.4. The quantitative estimate of drug-likeness (QED) is 0.906. The number of rotatable bonds is 2. The minimum Gasteiger partial charge on any atom is -0.381 e. The van der Waals surface area contributed by atoms with Gasteiger partial charge in [-0.1, -0.05) is 22.0 Å². The van der Waals surface area contributed by atoms with Crippen LogP contribution in [-0.4, -0.2) is 25.3 Å². The van der Waals surface area contributed by atoms with Crippen LogP contribution in [0, 0.1) is 0 Å². The molecule has 0 saturated carbocycles. The van der Waals surface area contributed by atoms with Gasteiger partial charge in [0.1, 0.15) is 0 Å². The summed E-state index contributed by atoms with van der Waals surface area (Å²) in [5.74, 6) is 0. The first kappa shape index (κ1) is 12.6. The smallest absolute Gasteiger partial charge is 0.0480 e. The molecular formula is C15H20BrNO. The highest BCUT2D eigenvalue weighted by molar-refractivity contribution is 9.10. The maximum absolute atomic E-state index is 5.41. The fourth-order valence-electron chi connectivity index (χ4n) is 3.06. The van der Waals surface area contributed by atoms with Gasteiger partial charge in [-0.15, -0.1) is 0 Å². The van der Waals surface area contributed by atoms with E-state index >= 15 is 0 Å². The molecule has 3 heteroatoms. The summed E-state index contributed by atoms with van der Waals surface area (Å²) in [6.07, 6.45) is 5.99. The molecule has 1 unspecified atom stereocenters. The lowest BCUT2D eigenvalue weighted by Crippen LogP contribution is -2.44. The highest BCUT2D eigenvalue weighted by atomic mass is 79.9. The second-order valence-electron chi connectivity index (χ2n) is 5.41. The molecule has 1 atom stereocenters. The Hall–Kier alpha value is -0.380. The van der Waals surface area contributed by atoms with Crippen molar-refractivity contribution in [3.8, 4) is 0 Å². The predicted octanol–water partition coefficient (Wildman–Crippen LogP) is 3.08. The number of aryl methyl sites for hydroxylation is 1. The van der Waals surface area contributed by atoms with Crippen LogP contribution in [-0.2, 0) is 17.6 Å². The Bertz CT molecular complexity index is 415. The Labute approximate surface area is 117 Å². The van der Waals surface area contributed by atoms with Crippen molar-refractivity contribution in [1.82, 2.24) is 5.32 Å². The van der Waals surface area contributed by atoms with Crippen molar-refractivity contribution < 1.29 is 4.74 Å². The second kappa shape index (κ2) is 5.72. The minimum atomic E-state index is 0.654. The normalized spacial score (nSPS) is 24.8. The summed E-state index contributed by atoms with van der Waals surface area (Å²) in [6, 6.07) is 8.04. The van der Waals surface area contributed by atoms with Crippen LogP contribution in [0.25, 0.3) is 0 Å². The molecule has 2 aliphatic rings. The molecule has 0 amide bonds. The number of halogens is 1. The number of hydrogen-bond acceptors (Lipinski definition) is 2. The zero-order valence-electron chi connectivity index (χ0n) is 10.6. The van der Waals surface area contributed by atoms with Gasteiger partial charge in [0.15, 0.2) is 0 Å². The Morgan fingerprint density at radius 1 is 1.06 bits per heavy atom. The van der Waals surface area contributed by atoms with Crippen molar-refractivity contribution >= 4 is 15.9 Å². The summed E-state index contributed by atoms with van der Waals surface area (Å²) in [6.45, 7) is 1.85. The molecule has 0 bridgehead atoms. The Balaban J connectivity index is 1.62. The molecule has 1 aromatic carbocycles. The van der Waals surface area contributed by atoms with Gasteiger partial charge in [-0.3, -0.25) is 0 Å². The molecule has 1 N–H and O–H groups in total. The van der Waals surface area contributed by atoms with Crippen LogP contribution in [0.1, 0.15) is 30.4 Å². The van der Waals surface area contributed by atoms with Crippen molar-refractivity contribution in [3.63, 3.8) is 0 Å². The van der Waals surface area contributed by atoms with Crippen molar-refractivity contribution in [2.24, 2.45) is 0 Å². The Kier molecular flexibility index (Phi) is 4.02. The van der Waals surface area contributed by atoms with Crippen LogP contribution < -0.4 is 5.32 Å². The van der Waals surface area contributed by atoms with E-state index in [0.717, 1.165) is 13.2 Å². The summed E-state index contributed by atoms with van der Waals surface area (Å²) >= 11 is 3.56. The van der Waals surface area contributed by atoms with Gasteiger partial charge >= 0.3 is 0 Å². The van der Waals surface area contributed by atoms with E-state index < -0.39 is 0 Å². The van der Waals surface area contributed by atoms with Crippen LogP contribution in [0.5, 0.6) is 0 Å². The van der Waals surface area contributed by atoms with Gasteiger partial charge in [0.2, 0.25) is 0 Å². The number of nitrogens with one attached hydrogen (secondary N) is 1. The van der Waals surface area contributed by atoms with Crippen molar-refractivity contribution in [2.45, 2.75) is 44.2 Å². The SMILES string of the molecule is Brc1ccc2c(c1)CCC(NC1CCOCC1)C2. The van der Waals surface area contributed by atoms with E-state index in [1.54, 1.807) is 0 Å². The topological polar surface area (TPSA) is 21.3 Å². The maximum Gasteiger partial charge on any atom is 0.0480 e. The average molecular weight is 310 g/mol. The Morgan fingerprint density at radius 2 is 1.89 bits per heavy atom. The lowest BCUT2D eigenvalue weighted by Gasteiger charge is -2.31. The maximum atomic E-state index is 5.41. The lowest BCUT2D eigenvalue weighted by molar-refractivity contribution is 0.0743. The number of benzene rings is 1. The van der Waals surface area contributed by atoms with E-state index in [4.69, 9.17) is 4.74 Å². The number of fused-ring (bicyclic) bond motifs is 1. The first-order valence-electron chi connectivity index (χ1n) is 6.92. The molecule has 1 fully saturated rings. The van der Waals surface area contributed by atoms with E-state index in [1.807, 2.05) is 0 Å². The van der Waals surface area contributed by atoms with Crippen LogP contribution in [0.4, 0.5) is 0 Å². The first-order chi connectivity index (χ1) is 8.81. The summed E-state index contributed by atoms with van der Waals surface area (Å²) < 4.78 is 6.62. The number of hydrogen-bond donors (Lipinski definition) is 1. The minimum absolute atomic E-state index is 0.654. The van der Waals surface area contributed by atoms with Gasteiger partial charge in [0, 0.05) is 29.8 Å². The third kappa shape index (κ3) is 2.95. The first-order valence-corrected chi connectivity index (χ1v) is 7.71. The van der Waals surface area contributed by atoms with Gasteiger partial charge in [0.05, 0.1) is 0 Å². The lowest BCUT2D eigenvalue weighted by atomic mass is 9.87. The van der Waals surface area contributed by atoms with Crippen molar-refractivity contribution in [2.75, 3.05) is 13.2 Å². The van der Waals surface area contributed by atoms with E-state index in [0.29, 0.717) is 12.1 Å². The molecule has 1 heterocycles. The fraction of sp³-hybridized carbons (Fsp3) is 0.600. The van der Waals surface area contributed by atoms with E-state index in [9.17, 15) is 0 Å². The summed E-state index contributed by atoms with van der Waals surface area (Å²) in [5, 5.41) is 3.82. The van der Waals surface area contributed by atoms with Crippen LogP contribution >= 0.6 is 15.9 Å². The van der Waals surface area contributed by atoms with Crippen molar-refractivity contribution in [3.05, 3.63) is 33.8 Å². The number of ether oxygens (including phenoxy) is 1. The van der Waals surface area contributed by atoms with Gasteiger partial charge < -0.3 is 10.1 Å². The molecule has 1 saturated heterocycles. The van der Waals surface area contributed by atoms with E-state index in [2.05, 4.69) is 39.4 Å². The molecule has 3 rings (SSSR count). The molecule has 18 heavy (non-hydrogen) atoms. The Morgan fingerprint density at radius 3 is 2.72 bits per heavy atom. The third-order valence-electron chi connectivity index (χ3n) is 4.09. The highest BCUT2D eigenvalue weighted by Crippen LogP contribution is 2.25. The van der Waals surface area contributed by atoms with Gasteiger partial charge in [0.25, 0.3) is 0 Å². The molecule has 98 valence electrons.